The molecule has 0 saturated heterocycles. The van der Waals surface area contributed by atoms with Crippen molar-refractivity contribution in [2.45, 2.75) is 12.8 Å². The predicted molar refractivity (Wildman–Crippen MR) is 126 cm³/mol. The molecule has 0 aliphatic carbocycles. The topological polar surface area (TPSA) is 150 Å². The van der Waals surface area contributed by atoms with Crippen molar-refractivity contribution in [1.29, 1.82) is 5.26 Å². The minimum absolute atomic E-state index is 0.00907. The molecule has 34 heavy (non-hydrogen) atoms. The lowest BCUT2D eigenvalue weighted by Gasteiger charge is -2.25. The highest BCUT2D eigenvalue weighted by molar-refractivity contribution is 6.09. The number of hydrogen-bond acceptors (Lipinski definition) is 7. The summed E-state index contributed by atoms with van der Waals surface area (Å²) in [4.78, 5) is 20.1. The normalized spacial score (nSPS) is 15.7. The van der Waals surface area contributed by atoms with Crippen LogP contribution in [0, 0.1) is 11.3 Å². The fourth-order valence-electron chi connectivity index (χ4n) is 3.88. The Kier molecular flexibility index (Phi) is 5.84. The Morgan fingerprint density at radius 2 is 2.09 bits per heavy atom. The van der Waals surface area contributed by atoms with Crippen molar-refractivity contribution >= 4 is 11.6 Å². The third-order valence-corrected chi connectivity index (χ3v) is 5.36. The van der Waals surface area contributed by atoms with Crippen molar-refractivity contribution in [3.8, 4) is 17.6 Å². The zero-order chi connectivity index (χ0) is 24.4. The molecule has 1 atom stereocenters. The number of aryl methyl sites for hydroxylation is 1. The third kappa shape index (κ3) is 3.65. The van der Waals surface area contributed by atoms with Crippen LogP contribution in [-0.2, 0) is 7.05 Å². The maximum absolute atomic E-state index is 11.7. The van der Waals surface area contributed by atoms with Gasteiger partial charge in [-0.05, 0) is 30.7 Å². The van der Waals surface area contributed by atoms with E-state index in [4.69, 9.17) is 16.2 Å². The SMILES string of the molecule is C=CC(=N/C=C\C)c1nn(C)c2c1C(c1ccc(-n3ccnc3C(N)=O)cc1)C(C#N)=C(N)O2. The van der Waals surface area contributed by atoms with Crippen LogP contribution in [0.5, 0.6) is 5.88 Å². The van der Waals surface area contributed by atoms with Crippen LogP contribution >= 0.6 is 0 Å². The highest BCUT2D eigenvalue weighted by Crippen LogP contribution is 2.44. The van der Waals surface area contributed by atoms with Crippen molar-refractivity contribution in [2.75, 3.05) is 0 Å². The van der Waals surface area contributed by atoms with Crippen molar-refractivity contribution in [3.63, 3.8) is 0 Å². The van der Waals surface area contributed by atoms with Gasteiger partial charge in [-0.3, -0.25) is 14.4 Å². The average Bonchev–Trinajstić information content (AvgIpc) is 3.45. The molecule has 0 fully saturated rings. The number of rotatable bonds is 6. The van der Waals surface area contributed by atoms with Gasteiger partial charge in [-0.25, -0.2) is 9.67 Å². The zero-order valence-electron chi connectivity index (χ0n) is 18.6. The molecule has 10 heteroatoms. The first-order chi connectivity index (χ1) is 16.4. The number of nitrogens with zero attached hydrogens (tertiary/aromatic N) is 6. The van der Waals surface area contributed by atoms with Crippen LogP contribution in [0.2, 0.25) is 0 Å². The van der Waals surface area contributed by atoms with E-state index in [0.717, 1.165) is 5.56 Å². The van der Waals surface area contributed by atoms with E-state index in [1.165, 1.54) is 6.20 Å². The quantitative estimate of drug-likeness (QED) is 0.546. The number of aromatic nitrogens is 4. The average molecular weight is 454 g/mol. The van der Waals surface area contributed by atoms with Crippen LogP contribution in [0.3, 0.4) is 0 Å². The Labute approximate surface area is 195 Å². The van der Waals surface area contributed by atoms with Crippen molar-refractivity contribution in [1.82, 2.24) is 19.3 Å². The predicted octanol–water partition coefficient (Wildman–Crippen LogP) is 2.43. The summed E-state index contributed by atoms with van der Waals surface area (Å²) in [5.41, 5.74) is 15.0. The lowest BCUT2D eigenvalue weighted by atomic mass is 9.83. The van der Waals surface area contributed by atoms with Gasteiger partial charge in [0.25, 0.3) is 5.91 Å². The summed E-state index contributed by atoms with van der Waals surface area (Å²) < 4.78 is 8.94. The van der Waals surface area contributed by atoms with Crippen molar-refractivity contribution in [2.24, 2.45) is 23.5 Å². The number of nitriles is 1. The number of amides is 1. The monoisotopic (exact) mass is 454 g/mol. The molecule has 3 heterocycles. The van der Waals surface area contributed by atoms with Crippen LogP contribution < -0.4 is 16.2 Å². The zero-order valence-corrected chi connectivity index (χ0v) is 18.6. The number of carbonyl (C=O) groups is 1. The van der Waals surface area contributed by atoms with Gasteiger partial charge in [0.15, 0.2) is 0 Å². The first-order valence-corrected chi connectivity index (χ1v) is 10.3. The van der Waals surface area contributed by atoms with Gasteiger partial charge in [-0.2, -0.15) is 10.4 Å². The largest absolute Gasteiger partial charge is 0.422 e. The van der Waals surface area contributed by atoms with Crippen LogP contribution in [0.1, 0.15) is 40.3 Å². The van der Waals surface area contributed by atoms with Crippen molar-refractivity contribution in [3.05, 3.63) is 95.7 Å². The van der Waals surface area contributed by atoms with Crippen molar-refractivity contribution < 1.29 is 9.53 Å². The number of ether oxygens (including phenoxy) is 1. The molecule has 1 unspecified atom stereocenters. The number of fused-ring (bicyclic) bond motifs is 1. The molecule has 10 nitrogen and oxygen atoms in total. The molecule has 1 aliphatic rings. The fourth-order valence-corrected chi connectivity index (χ4v) is 3.88. The van der Waals surface area contributed by atoms with Gasteiger partial charge >= 0.3 is 0 Å². The summed E-state index contributed by atoms with van der Waals surface area (Å²) in [5, 5.41) is 14.5. The highest BCUT2D eigenvalue weighted by atomic mass is 16.5. The van der Waals surface area contributed by atoms with E-state index < -0.39 is 11.8 Å². The Hall–Kier alpha value is -4.91. The number of carbonyl (C=O) groups excluding carboxylic acids is 1. The first-order valence-electron chi connectivity index (χ1n) is 10.3. The Morgan fingerprint density at radius 3 is 2.71 bits per heavy atom. The standard InChI is InChI=1S/C24H22N8O2/c1-4-10-28-17(5-2)20-19-18(16(13-25)22(27)34-24(19)31(3)30-20)14-6-8-15(9-7-14)32-12-11-29-23(32)21(26)33/h4-12,18H,2,27H2,1,3H3,(H2,26,33)/b10-4-,28-17?. The maximum Gasteiger partial charge on any atom is 0.285 e. The maximum atomic E-state index is 11.7. The Morgan fingerprint density at radius 1 is 1.35 bits per heavy atom. The van der Waals surface area contributed by atoms with Crippen LogP contribution in [0.4, 0.5) is 0 Å². The fraction of sp³-hybridized carbons (Fsp3) is 0.125. The summed E-state index contributed by atoms with van der Waals surface area (Å²) in [6, 6.07) is 9.49. The highest BCUT2D eigenvalue weighted by Gasteiger charge is 2.37. The number of benzene rings is 1. The number of imidazole rings is 1. The van der Waals surface area contributed by atoms with E-state index in [1.807, 2.05) is 31.2 Å². The van der Waals surface area contributed by atoms with E-state index in [1.54, 1.807) is 40.8 Å². The summed E-state index contributed by atoms with van der Waals surface area (Å²) >= 11 is 0. The lowest BCUT2D eigenvalue weighted by Crippen LogP contribution is -2.22. The van der Waals surface area contributed by atoms with E-state index >= 15 is 0 Å². The molecule has 1 aromatic carbocycles. The number of hydrogen-bond donors (Lipinski definition) is 2. The van der Waals surface area contributed by atoms with Crippen LogP contribution in [0.25, 0.3) is 5.69 Å². The first kappa shape index (κ1) is 22.3. The number of allylic oxidation sites excluding steroid dienone is 3. The van der Waals surface area contributed by atoms with Gasteiger partial charge in [0, 0.05) is 31.3 Å². The summed E-state index contributed by atoms with van der Waals surface area (Å²) in [7, 11) is 1.73. The molecule has 0 spiro atoms. The minimum Gasteiger partial charge on any atom is -0.422 e. The smallest absolute Gasteiger partial charge is 0.285 e. The van der Waals surface area contributed by atoms with E-state index in [9.17, 15) is 10.1 Å². The molecule has 3 aromatic rings. The number of primary amides is 1. The van der Waals surface area contributed by atoms with Gasteiger partial charge in [0.1, 0.15) is 17.3 Å². The molecule has 0 bridgehead atoms. The second-order valence-electron chi connectivity index (χ2n) is 7.39. The molecule has 1 amide bonds. The van der Waals surface area contributed by atoms with Gasteiger partial charge < -0.3 is 16.2 Å². The molecule has 1 aliphatic heterocycles. The molecule has 2 aromatic heterocycles. The van der Waals surface area contributed by atoms with Crippen LogP contribution in [-0.4, -0.2) is 31.0 Å². The molecule has 170 valence electrons. The molecule has 0 saturated carbocycles. The summed E-state index contributed by atoms with van der Waals surface area (Å²) in [6.07, 6.45) is 8.18. The second-order valence-corrected chi connectivity index (χ2v) is 7.39. The van der Waals surface area contributed by atoms with E-state index in [0.29, 0.717) is 28.5 Å². The molecule has 4 N–H and O–H groups in total. The Balaban J connectivity index is 1.88. The van der Waals surface area contributed by atoms with E-state index in [2.05, 4.69) is 27.7 Å². The van der Waals surface area contributed by atoms with E-state index in [-0.39, 0.29) is 17.3 Å². The van der Waals surface area contributed by atoms with Gasteiger partial charge in [-0.1, -0.05) is 24.8 Å². The van der Waals surface area contributed by atoms with Gasteiger partial charge in [0.05, 0.1) is 17.2 Å². The summed E-state index contributed by atoms with van der Waals surface area (Å²) in [5.74, 6) is -0.645. The van der Waals surface area contributed by atoms with Gasteiger partial charge in [-0.15, -0.1) is 0 Å². The molecular formula is C24H22N8O2. The number of nitrogens with two attached hydrogens (primary N) is 2. The second kappa shape index (κ2) is 8.91. The van der Waals surface area contributed by atoms with Gasteiger partial charge in [0.2, 0.25) is 17.6 Å². The molecule has 4 rings (SSSR count). The summed E-state index contributed by atoms with van der Waals surface area (Å²) in [6.45, 7) is 5.71. The van der Waals surface area contributed by atoms with Crippen LogP contribution in [0.15, 0.2) is 78.0 Å². The molecular weight excluding hydrogens is 432 g/mol. The third-order valence-electron chi connectivity index (χ3n) is 5.36. The molecule has 0 radical (unpaired) electrons. The number of aliphatic imine (C=N–C) groups is 1. The lowest BCUT2D eigenvalue weighted by molar-refractivity contribution is 0.0989. The minimum atomic E-state index is -0.636. The Bertz CT molecular complexity index is 1410.